The third kappa shape index (κ3) is 3.61. The first kappa shape index (κ1) is 16.9. The standard InChI is InChI=1S/C18H17N3O3S/c1-11-7-8-12(2)15(9-11)24-10-16(22)20-21-17(23)13-5-3-4-6-14(13)19-18(21)25/h3-9H,10H2,1-2H3,(H,19,25)(H,20,22). The predicted octanol–water partition coefficient (Wildman–Crippen LogP) is 2.83. The molecule has 1 heterocycles. The second-order valence-corrected chi connectivity index (χ2v) is 6.10. The SMILES string of the molecule is Cc1ccc(C)c(OCC(=O)Nn2c(=S)[nH]c3ccccc3c2=O)c1. The van der Waals surface area contributed by atoms with Crippen LogP contribution < -0.4 is 15.7 Å². The van der Waals surface area contributed by atoms with Crippen LogP contribution in [0, 0.1) is 18.6 Å². The zero-order chi connectivity index (χ0) is 18.0. The Morgan fingerprint density at radius 3 is 2.80 bits per heavy atom. The first-order valence-electron chi connectivity index (χ1n) is 7.69. The van der Waals surface area contributed by atoms with Crippen molar-refractivity contribution in [2.45, 2.75) is 13.8 Å². The van der Waals surface area contributed by atoms with Gasteiger partial charge in [-0.3, -0.25) is 15.0 Å². The van der Waals surface area contributed by atoms with Crippen molar-refractivity contribution in [1.29, 1.82) is 0 Å². The molecule has 7 heteroatoms. The molecule has 0 bridgehead atoms. The minimum atomic E-state index is -0.474. The molecule has 0 radical (unpaired) electrons. The Hall–Kier alpha value is -2.93. The van der Waals surface area contributed by atoms with Crippen LogP contribution >= 0.6 is 12.2 Å². The lowest BCUT2D eigenvalue weighted by Crippen LogP contribution is -2.36. The van der Waals surface area contributed by atoms with Crippen LogP contribution in [-0.4, -0.2) is 22.2 Å². The summed E-state index contributed by atoms with van der Waals surface area (Å²) >= 11 is 5.15. The van der Waals surface area contributed by atoms with Crippen LogP contribution in [0.5, 0.6) is 5.75 Å². The highest BCUT2D eigenvalue weighted by molar-refractivity contribution is 7.71. The monoisotopic (exact) mass is 355 g/mol. The number of fused-ring (bicyclic) bond motifs is 1. The number of rotatable bonds is 4. The number of benzene rings is 2. The number of carbonyl (C=O) groups excluding carboxylic acids is 1. The number of nitrogens with zero attached hydrogens (tertiary/aromatic N) is 1. The number of aromatic nitrogens is 2. The van der Waals surface area contributed by atoms with Gasteiger partial charge in [-0.05, 0) is 55.4 Å². The topological polar surface area (TPSA) is 76.1 Å². The van der Waals surface area contributed by atoms with E-state index in [2.05, 4.69) is 10.4 Å². The molecular formula is C18H17N3O3S. The van der Waals surface area contributed by atoms with Crippen molar-refractivity contribution < 1.29 is 9.53 Å². The molecule has 0 aliphatic rings. The Balaban J connectivity index is 1.79. The minimum Gasteiger partial charge on any atom is -0.483 e. The van der Waals surface area contributed by atoms with Gasteiger partial charge in [0.1, 0.15) is 5.75 Å². The van der Waals surface area contributed by atoms with E-state index in [-0.39, 0.29) is 16.9 Å². The normalized spacial score (nSPS) is 10.6. The van der Waals surface area contributed by atoms with E-state index in [0.717, 1.165) is 15.8 Å². The van der Waals surface area contributed by atoms with Gasteiger partial charge in [0.05, 0.1) is 10.9 Å². The maximum atomic E-state index is 12.5. The summed E-state index contributed by atoms with van der Waals surface area (Å²) in [6, 6.07) is 12.7. The third-order valence-corrected chi connectivity index (χ3v) is 4.03. The van der Waals surface area contributed by atoms with E-state index in [4.69, 9.17) is 17.0 Å². The van der Waals surface area contributed by atoms with Gasteiger partial charge in [0.15, 0.2) is 11.4 Å². The fourth-order valence-electron chi connectivity index (χ4n) is 2.43. The van der Waals surface area contributed by atoms with Gasteiger partial charge < -0.3 is 9.72 Å². The van der Waals surface area contributed by atoms with Crippen LogP contribution in [0.4, 0.5) is 0 Å². The van der Waals surface area contributed by atoms with Crippen molar-refractivity contribution in [3.63, 3.8) is 0 Å². The summed E-state index contributed by atoms with van der Waals surface area (Å²) in [5, 5.41) is 0.437. The molecule has 128 valence electrons. The molecule has 2 aromatic carbocycles. The average Bonchev–Trinajstić information content (AvgIpc) is 2.59. The predicted molar refractivity (Wildman–Crippen MR) is 99.2 cm³/mol. The van der Waals surface area contributed by atoms with Crippen molar-refractivity contribution >= 4 is 29.0 Å². The van der Waals surface area contributed by atoms with E-state index < -0.39 is 5.91 Å². The van der Waals surface area contributed by atoms with E-state index in [0.29, 0.717) is 16.7 Å². The molecule has 0 saturated carbocycles. The summed E-state index contributed by atoms with van der Waals surface area (Å²) in [7, 11) is 0. The maximum Gasteiger partial charge on any atom is 0.281 e. The van der Waals surface area contributed by atoms with Crippen LogP contribution in [0.3, 0.4) is 0 Å². The van der Waals surface area contributed by atoms with Crippen molar-refractivity contribution in [3.8, 4) is 5.75 Å². The second kappa shape index (κ2) is 6.90. The highest BCUT2D eigenvalue weighted by Gasteiger charge is 2.10. The van der Waals surface area contributed by atoms with Gasteiger partial charge in [-0.2, -0.15) is 4.68 Å². The number of carbonyl (C=O) groups is 1. The Morgan fingerprint density at radius 2 is 2.00 bits per heavy atom. The van der Waals surface area contributed by atoms with Gasteiger partial charge in [0.25, 0.3) is 11.5 Å². The molecule has 2 N–H and O–H groups in total. The highest BCUT2D eigenvalue weighted by atomic mass is 32.1. The Labute approximate surface area is 149 Å². The lowest BCUT2D eigenvalue weighted by molar-refractivity contribution is -0.119. The van der Waals surface area contributed by atoms with Gasteiger partial charge in [-0.15, -0.1) is 0 Å². The van der Waals surface area contributed by atoms with Gasteiger partial charge in [0, 0.05) is 0 Å². The summed E-state index contributed by atoms with van der Waals surface area (Å²) < 4.78 is 6.68. The Morgan fingerprint density at radius 1 is 1.24 bits per heavy atom. The molecule has 0 aliphatic heterocycles. The van der Waals surface area contributed by atoms with Crippen molar-refractivity contribution in [2.24, 2.45) is 0 Å². The van der Waals surface area contributed by atoms with E-state index in [1.54, 1.807) is 24.3 Å². The smallest absolute Gasteiger partial charge is 0.281 e. The average molecular weight is 355 g/mol. The van der Waals surface area contributed by atoms with E-state index in [1.807, 2.05) is 32.0 Å². The first-order valence-corrected chi connectivity index (χ1v) is 8.10. The van der Waals surface area contributed by atoms with Crippen LogP contribution in [-0.2, 0) is 4.79 Å². The zero-order valence-corrected chi connectivity index (χ0v) is 14.6. The van der Waals surface area contributed by atoms with E-state index >= 15 is 0 Å². The number of para-hydroxylation sites is 1. The number of H-pyrrole nitrogens is 1. The summed E-state index contributed by atoms with van der Waals surface area (Å²) in [6.45, 7) is 3.62. The van der Waals surface area contributed by atoms with Crippen molar-refractivity contribution in [2.75, 3.05) is 12.0 Å². The molecule has 3 rings (SSSR count). The van der Waals surface area contributed by atoms with E-state index in [1.165, 1.54) is 0 Å². The molecule has 0 spiro atoms. The zero-order valence-electron chi connectivity index (χ0n) is 13.8. The fraction of sp³-hybridized carbons (Fsp3) is 0.167. The highest BCUT2D eigenvalue weighted by Crippen LogP contribution is 2.18. The number of nitrogens with one attached hydrogen (secondary N) is 2. The lowest BCUT2D eigenvalue weighted by atomic mass is 10.1. The van der Waals surface area contributed by atoms with Gasteiger partial charge in [0.2, 0.25) is 0 Å². The lowest BCUT2D eigenvalue weighted by Gasteiger charge is -2.12. The molecule has 3 aromatic rings. The molecule has 0 aliphatic carbocycles. The Bertz CT molecular complexity index is 1070. The molecule has 0 atom stereocenters. The number of aryl methyl sites for hydroxylation is 2. The van der Waals surface area contributed by atoms with Gasteiger partial charge in [-0.1, -0.05) is 24.3 Å². The minimum absolute atomic E-state index is 0.115. The third-order valence-electron chi connectivity index (χ3n) is 3.74. The Kier molecular flexibility index (Phi) is 4.67. The quantitative estimate of drug-likeness (QED) is 0.706. The molecule has 1 amide bonds. The molecule has 25 heavy (non-hydrogen) atoms. The van der Waals surface area contributed by atoms with Gasteiger partial charge in [-0.25, -0.2) is 0 Å². The molecular weight excluding hydrogens is 338 g/mol. The molecule has 0 fully saturated rings. The number of ether oxygens (including phenoxy) is 1. The second-order valence-electron chi connectivity index (χ2n) is 5.71. The summed E-state index contributed by atoms with van der Waals surface area (Å²) in [5.41, 5.74) is 4.68. The molecule has 0 saturated heterocycles. The number of amides is 1. The number of hydrogen-bond donors (Lipinski definition) is 2. The van der Waals surface area contributed by atoms with Crippen LogP contribution in [0.25, 0.3) is 10.9 Å². The molecule has 0 unspecified atom stereocenters. The number of aromatic amines is 1. The van der Waals surface area contributed by atoms with Crippen LogP contribution in [0.15, 0.2) is 47.3 Å². The largest absolute Gasteiger partial charge is 0.483 e. The van der Waals surface area contributed by atoms with Crippen molar-refractivity contribution in [1.82, 2.24) is 9.66 Å². The van der Waals surface area contributed by atoms with Gasteiger partial charge >= 0.3 is 0 Å². The van der Waals surface area contributed by atoms with E-state index in [9.17, 15) is 9.59 Å². The van der Waals surface area contributed by atoms with Crippen LogP contribution in [0.2, 0.25) is 0 Å². The summed E-state index contributed by atoms with van der Waals surface area (Å²) in [5.74, 6) is 0.156. The fourth-order valence-corrected chi connectivity index (χ4v) is 2.67. The van der Waals surface area contributed by atoms with Crippen LogP contribution in [0.1, 0.15) is 11.1 Å². The summed E-state index contributed by atoms with van der Waals surface area (Å²) in [6.07, 6.45) is 0. The summed E-state index contributed by atoms with van der Waals surface area (Å²) in [4.78, 5) is 27.6. The number of hydrogen-bond acceptors (Lipinski definition) is 4. The molecule has 1 aromatic heterocycles. The maximum absolute atomic E-state index is 12.5. The first-order chi connectivity index (χ1) is 12.0. The van der Waals surface area contributed by atoms with Crippen molar-refractivity contribution in [3.05, 3.63) is 68.7 Å². The molecule has 6 nitrogen and oxygen atoms in total.